The summed E-state index contributed by atoms with van der Waals surface area (Å²) >= 11 is 0. The maximum absolute atomic E-state index is 11.8. The van der Waals surface area contributed by atoms with Crippen LogP contribution >= 0.6 is 0 Å². The van der Waals surface area contributed by atoms with Gasteiger partial charge in [-0.25, -0.2) is 0 Å². The zero-order valence-electron chi connectivity index (χ0n) is 15.8. The molecular formula is C15H14N5O9S2+. The first-order valence-electron chi connectivity index (χ1n) is 8.09. The molecule has 16 heteroatoms. The predicted octanol–water partition coefficient (Wildman–Crippen LogP) is 0.169. The number of tetrazole rings is 1. The lowest BCUT2D eigenvalue weighted by molar-refractivity contribution is -0.800. The minimum atomic E-state index is -4.93. The number of hydrogen-bond acceptors (Lipinski definition) is 9. The third-order valence-electron chi connectivity index (χ3n) is 4.06. The van der Waals surface area contributed by atoms with Gasteiger partial charge in [0.15, 0.2) is 11.4 Å². The molecule has 3 rings (SSSR count). The number of aromatic nitrogens is 4. The van der Waals surface area contributed by atoms with Crippen molar-refractivity contribution in [2.75, 3.05) is 7.11 Å². The quantitative estimate of drug-likeness (QED) is 0.215. The molecule has 0 fully saturated rings. The van der Waals surface area contributed by atoms with E-state index >= 15 is 0 Å². The van der Waals surface area contributed by atoms with Gasteiger partial charge in [0.25, 0.3) is 25.9 Å². The fourth-order valence-electron chi connectivity index (χ4n) is 2.68. The van der Waals surface area contributed by atoms with Crippen LogP contribution < -0.4 is 9.53 Å². The molecule has 31 heavy (non-hydrogen) atoms. The highest BCUT2D eigenvalue weighted by Crippen LogP contribution is 2.29. The van der Waals surface area contributed by atoms with Crippen LogP contribution in [-0.4, -0.2) is 53.0 Å². The Kier molecular flexibility index (Phi) is 5.49. The van der Waals surface area contributed by atoms with Crippen molar-refractivity contribution in [3.05, 3.63) is 46.5 Å². The largest absolute Gasteiger partial charge is 0.494 e. The normalized spacial score (nSPS) is 12.0. The molecule has 164 valence electrons. The highest BCUT2D eigenvalue weighted by atomic mass is 32.2. The van der Waals surface area contributed by atoms with Gasteiger partial charge in [-0.05, 0) is 29.4 Å². The van der Waals surface area contributed by atoms with Gasteiger partial charge in [-0.1, -0.05) is 4.80 Å². The second-order valence-electron chi connectivity index (χ2n) is 6.02. The third kappa shape index (κ3) is 4.36. The van der Waals surface area contributed by atoms with Gasteiger partial charge >= 0.3 is 5.82 Å². The summed E-state index contributed by atoms with van der Waals surface area (Å²) in [6.45, 7) is 0. The summed E-state index contributed by atoms with van der Waals surface area (Å²) in [7, 11) is -6.97. The van der Waals surface area contributed by atoms with Crippen molar-refractivity contribution in [1.29, 1.82) is 0 Å². The van der Waals surface area contributed by atoms with E-state index in [1.54, 1.807) is 0 Å². The summed E-state index contributed by atoms with van der Waals surface area (Å²) in [4.78, 5) is 11.0. The first-order valence-corrected chi connectivity index (χ1v) is 11.0. The second-order valence-corrected chi connectivity index (χ2v) is 8.84. The van der Waals surface area contributed by atoms with Gasteiger partial charge in [-0.15, -0.1) is 0 Å². The van der Waals surface area contributed by atoms with E-state index in [0.717, 1.165) is 27.8 Å². The van der Waals surface area contributed by atoms with E-state index in [2.05, 4.69) is 10.2 Å². The molecule has 0 amide bonds. The number of methoxy groups -OCH3 is 1. The first-order chi connectivity index (χ1) is 14.3. The summed E-state index contributed by atoms with van der Waals surface area (Å²) in [5.41, 5.74) is -0.277. The third-order valence-corrected chi connectivity index (χ3v) is 5.81. The fraction of sp³-hybridized carbons (Fsp3) is 0.133. The molecule has 0 unspecified atom stereocenters. The van der Waals surface area contributed by atoms with E-state index in [-0.39, 0.29) is 28.5 Å². The lowest BCUT2D eigenvalue weighted by Crippen LogP contribution is -2.41. The Morgan fingerprint density at radius 1 is 1.10 bits per heavy atom. The summed E-state index contributed by atoms with van der Waals surface area (Å²) in [6.07, 6.45) is 0. The molecule has 0 spiro atoms. The van der Waals surface area contributed by atoms with Gasteiger partial charge in [-0.3, -0.25) is 19.2 Å². The molecule has 3 aromatic rings. The molecule has 0 saturated heterocycles. The van der Waals surface area contributed by atoms with Crippen LogP contribution in [0.25, 0.3) is 17.1 Å². The van der Waals surface area contributed by atoms with Crippen LogP contribution in [-0.2, 0) is 27.3 Å². The molecule has 2 aromatic carbocycles. The number of hydrogen-bond donors (Lipinski definition) is 2. The van der Waals surface area contributed by atoms with Gasteiger partial charge in [-0.2, -0.15) is 16.8 Å². The van der Waals surface area contributed by atoms with Crippen molar-refractivity contribution in [3.8, 4) is 22.8 Å². The zero-order valence-corrected chi connectivity index (χ0v) is 17.4. The van der Waals surface area contributed by atoms with E-state index in [4.69, 9.17) is 9.29 Å². The predicted molar refractivity (Wildman–Crippen MR) is 101 cm³/mol. The summed E-state index contributed by atoms with van der Waals surface area (Å²) in [6, 6.07) is 6.16. The second kappa shape index (κ2) is 7.65. The minimum Gasteiger partial charge on any atom is -0.494 e. The monoisotopic (exact) mass is 472 g/mol. The topological polar surface area (TPSA) is 196 Å². The van der Waals surface area contributed by atoms with E-state index in [9.17, 15) is 31.5 Å². The number of aryl methyl sites for hydroxylation is 1. The smallest absolute Gasteiger partial charge is 0.340 e. The molecule has 2 N–H and O–H groups in total. The highest BCUT2D eigenvalue weighted by Gasteiger charge is 2.29. The van der Waals surface area contributed by atoms with Crippen LogP contribution in [0.15, 0.2) is 46.2 Å². The van der Waals surface area contributed by atoms with E-state index < -0.39 is 35.0 Å². The Morgan fingerprint density at radius 2 is 1.77 bits per heavy atom. The SMILES string of the molecule is COc1cc([N+](=O)[O-])ccc1-n1nc(-c2ccc(S(=O)(=O)O)cc2S(=O)(=O)O)n[n+]1C. The number of nitro groups is 1. The van der Waals surface area contributed by atoms with Gasteiger partial charge in [0.05, 0.1) is 33.7 Å². The summed E-state index contributed by atoms with van der Waals surface area (Å²) in [5, 5.41) is 19.1. The standard InChI is InChI=1S/C15H13N5O9S2/c1-18-16-15(11-5-4-10(30(23,24)25)8-14(11)31(26,27)28)17-19(18)12-6-3-9(20(21)22)7-13(12)29-2/h3-8H,1-2H3,(H-,23,24,25,26,27,28)/p+1. The van der Waals surface area contributed by atoms with Crippen LogP contribution in [0.5, 0.6) is 5.75 Å². The molecule has 1 heterocycles. The van der Waals surface area contributed by atoms with Crippen LogP contribution in [0.4, 0.5) is 5.69 Å². The van der Waals surface area contributed by atoms with Crippen molar-refractivity contribution in [3.63, 3.8) is 0 Å². The Labute approximate surface area is 174 Å². The minimum absolute atomic E-state index is 0.0676. The maximum atomic E-state index is 11.8. The lowest BCUT2D eigenvalue weighted by Gasteiger charge is -2.04. The summed E-state index contributed by atoms with van der Waals surface area (Å²) < 4.78 is 70.1. The highest BCUT2D eigenvalue weighted by molar-refractivity contribution is 7.86. The number of nitrogens with zero attached hydrogens (tertiary/aromatic N) is 5. The number of ether oxygens (including phenoxy) is 1. The Hall–Kier alpha value is -3.47. The number of benzene rings is 2. The lowest BCUT2D eigenvalue weighted by atomic mass is 10.2. The Bertz CT molecular complexity index is 1410. The molecule has 14 nitrogen and oxygen atoms in total. The van der Waals surface area contributed by atoms with Crippen LogP contribution in [0.3, 0.4) is 0 Å². The average molecular weight is 472 g/mol. The maximum Gasteiger partial charge on any atom is 0.340 e. The van der Waals surface area contributed by atoms with Crippen LogP contribution in [0.2, 0.25) is 0 Å². The Balaban J connectivity index is 2.21. The molecule has 0 radical (unpaired) electrons. The van der Waals surface area contributed by atoms with Gasteiger partial charge < -0.3 is 4.74 Å². The molecule has 1 aromatic heterocycles. The fourth-order valence-corrected chi connectivity index (χ4v) is 3.97. The number of rotatable bonds is 6. The molecule has 0 atom stereocenters. The number of nitro benzene ring substituents is 1. The van der Waals surface area contributed by atoms with Crippen molar-refractivity contribution < 1.29 is 40.4 Å². The van der Waals surface area contributed by atoms with Crippen LogP contribution in [0.1, 0.15) is 0 Å². The summed E-state index contributed by atoms with van der Waals surface area (Å²) in [5.74, 6) is -0.171. The Morgan fingerprint density at radius 3 is 2.32 bits per heavy atom. The number of non-ortho nitro benzene ring substituents is 1. The van der Waals surface area contributed by atoms with E-state index in [1.807, 2.05) is 0 Å². The molecule has 0 bridgehead atoms. The van der Waals surface area contributed by atoms with Crippen molar-refractivity contribution in [1.82, 2.24) is 15.0 Å². The molecule has 0 aliphatic rings. The van der Waals surface area contributed by atoms with Gasteiger partial charge in [0, 0.05) is 10.9 Å². The molecule has 0 aliphatic heterocycles. The molecule has 0 saturated carbocycles. The van der Waals surface area contributed by atoms with Crippen LogP contribution in [0, 0.1) is 10.1 Å². The van der Waals surface area contributed by atoms with E-state index in [0.29, 0.717) is 6.07 Å². The van der Waals surface area contributed by atoms with Crippen molar-refractivity contribution >= 4 is 25.9 Å². The van der Waals surface area contributed by atoms with Gasteiger partial charge in [0.1, 0.15) is 11.9 Å². The van der Waals surface area contributed by atoms with Crippen molar-refractivity contribution in [2.45, 2.75) is 9.79 Å². The molecule has 0 aliphatic carbocycles. The zero-order chi connectivity index (χ0) is 23.1. The van der Waals surface area contributed by atoms with Crippen molar-refractivity contribution in [2.24, 2.45) is 7.05 Å². The van der Waals surface area contributed by atoms with E-state index in [1.165, 1.54) is 26.3 Å². The average Bonchev–Trinajstić information content (AvgIpc) is 3.06. The first kappa shape index (κ1) is 22.2. The van der Waals surface area contributed by atoms with Gasteiger partial charge in [0.2, 0.25) is 0 Å². The molecular weight excluding hydrogens is 458 g/mol.